The third-order valence-electron chi connectivity index (χ3n) is 3.39. The van der Waals surface area contributed by atoms with E-state index in [1.165, 1.54) is 18.3 Å². The molecule has 0 unspecified atom stereocenters. The number of nitrogens with zero attached hydrogens (tertiary/aromatic N) is 2. The number of imide groups is 1. The van der Waals surface area contributed by atoms with Gasteiger partial charge < -0.3 is 10.2 Å². The van der Waals surface area contributed by atoms with E-state index < -0.39 is 5.91 Å². The van der Waals surface area contributed by atoms with Gasteiger partial charge in [0.05, 0.1) is 5.56 Å². The van der Waals surface area contributed by atoms with Crippen molar-refractivity contribution in [2.75, 3.05) is 6.54 Å². The molecule has 0 aliphatic carbocycles. The maximum atomic E-state index is 12.1. The number of aromatic nitrogens is 1. The van der Waals surface area contributed by atoms with E-state index in [1.807, 2.05) is 0 Å². The maximum Gasteiger partial charge on any atom is 0.280 e. The Kier molecular flexibility index (Phi) is 3.06. The van der Waals surface area contributed by atoms with Crippen LogP contribution in [-0.2, 0) is 6.42 Å². The van der Waals surface area contributed by atoms with Gasteiger partial charge >= 0.3 is 0 Å². The second kappa shape index (κ2) is 4.90. The lowest BCUT2D eigenvalue weighted by molar-refractivity contribution is 0.0654. The predicted molar refractivity (Wildman–Crippen MR) is 73.1 cm³/mol. The normalized spacial score (nSPS) is 13.6. The molecule has 1 aromatic carbocycles. The summed E-state index contributed by atoms with van der Waals surface area (Å²) in [6.45, 7) is 0.193. The minimum absolute atomic E-state index is 0.177. The second-order valence-electron chi connectivity index (χ2n) is 4.73. The number of hydrogen-bond acceptors (Lipinski definition) is 5. The van der Waals surface area contributed by atoms with Crippen LogP contribution in [-0.4, -0.2) is 38.5 Å². The number of fused-ring (bicyclic) bond motifs is 1. The first-order chi connectivity index (χ1) is 10.1. The van der Waals surface area contributed by atoms with E-state index in [0.717, 1.165) is 10.5 Å². The van der Waals surface area contributed by atoms with Gasteiger partial charge in [0, 0.05) is 12.7 Å². The zero-order valence-corrected chi connectivity index (χ0v) is 11.0. The minimum atomic E-state index is -0.404. The smallest absolute Gasteiger partial charge is 0.280 e. The molecule has 2 heterocycles. The van der Waals surface area contributed by atoms with E-state index in [1.54, 1.807) is 18.2 Å². The minimum Gasteiger partial charge on any atom is -0.504 e. The Bertz CT molecular complexity index is 707. The summed E-state index contributed by atoms with van der Waals surface area (Å²) in [7, 11) is 0. The summed E-state index contributed by atoms with van der Waals surface area (Å²) >= 11 is 0. The van der Waals surface area contributed by atoms with Crippen molar-refractivity contribution in [1.82, 2.24) is 9.88 Å². The van der Waals surface area contributed by atoms with Gasteiger partial charge in [0.2, 0.25) is 0 Å². The van der Waals surface area contributed by atoms with Gasteiger partial charge in [-0.15, -0.1) is 0 Å². The number of benzene rings is 1. The summed E-state index contributed by atoms with van der Waals surface area (Å²) in [5.74, 6) is -1.19. The highest BCUT2D eigenvalue weighted by molar-refractivity contribution is 6.20. The van der Waals surface area contributed by atoms with E-state index >= 15 is 0 Å². The molecular weight excluding hydrogens is 272 g/mol. The molecule has 0 radical (unpaired) electrons. The van der Waals surface area contributed by atoms with Crippen LogP contribution in [0.3, 0.4) is 0 Å². The zero-order valence-electron chi connectivity index (χ0n) is 11.0. The third-order valence-corrected chi connectivity index (χ3v) is 3.39. The number of pyridine rings is 1. The lowest BCUT2D eigenvalue weighted by Crippen LogP contribution is -2.31. The molecule has 2 N–H and O–H groups in total. The maximum absolute atomic E-state index is 12.1. The van der Waals surface area contributed by atoms with E-state index in [9.17, 15) is 19.8 Å². The summed E-state index contributed by atoms with van der Waals surface area (Å²) in [6, 6.07) is 7.60. The average Bonchev–Trinajstić information content (AvgIpc) is 2.73. The van der Waals surface area contributed by atoms with Gasteiger partial charge in [0.15, 0.2) is 11.5 Å². The standard InChI is InChI=1S/C15H12N2O4/c18-11-4-3-9(8-12(11)19)5-7-17-14(20)10-2-1-6-16-13(10)15(17)21/h1-4,6,8,18-19H,5,7H2. The van der Waals surface area contributed by atoms with Crippen molar-refractivity contribution < 1.29 is 19.8 Å². The summed E-state index contributed by atoms with van der Waals surface area (Å²) in [5.41, 5.74) is 1.21. The Balaban J connectivity index is 1.76. The molecule has 3 rings (SSSR count). The van der Waals surface area contributed by atoms with E-state index in [-0.39, 0.29) is 29.6 Å². The number of phenols is 2. The molecule has 2 amide bonds. The van der Waals surface area contributed by atoms with Gasteiger partial charge in [0.25, 0.3) is 11.8 Å². The SMILES string of the molecule is O=C1c2cccnc2C(=O)N1CCc1ccc(O)c(O)c1. The first kappa shape index (κ1) is 13.1. The van der Waals surface area contributed by atoms with Crippen LogP contribution >= 0.6 is 0 Å². The lowest BCUT2D eigenvalue weighted by atomic mass is 10.1. The molecule has 21 heavy (non-hydrogen) atoms. The first-order valence-corrected chi connectivity index (χ1v) is 6.40. The van der Waals surface area contributed by atoms with Crippen LogP contribution in [0, 0.1) is 0 Å². The van der Waals surface area contributed by atoms with Crippen molar-refractivity contribution in [2.24, 2.45) is 0 Å². The molecule has 0 fully saturated rings. The number of carbonyl (C=O) groups is 2. The van der Waals surface area contributed by atoms with Crippen LogP contribution in [0.25, 0.3) is 0 Å². The Morgan fingerprint density at radius 2 is 1.86 bits per heavy atom. The van der Waals surface area contributed by atoms with Crippen LogP contribution < -0.4 is 0 Å². The van der Waals surface area contributed by atoms with E-state index in [2.05, 4.69) is 4.98 Å². The van der Waals surface area contributed by atoms with Crippen LogP contribution in [0.15, 0.2) is 36.5 Å². The average molecular weight is 284 g/mol. The fraction of sp³-hybridized carbons (Fsp3) is 0.133. The van der Waals surface area contributed by atoms with Crippen molar-refractivity contribution in [2.45, 2.75) is 6.42 Å². The molecule has 0 atom stereocenters. The van der Waals surface area contributed by atoms with E-state index in [0.29, 0.717) is 12.0 Å². The largest absolute Gasteiger partial charge is 0.504 e. The Labute approximate surface area is 120 Å². The molecule has 1 aromatic heterocycles. The molecule has 0 spiro atoms. The molecule has 106 valence electrons. The van der Waals surface area contributed by atoms with Crippen LogP contribution in [0.5, 0.6) is 11.5 Å². The number of phenolic OH excluding ortho intramolecular Hbond substituents is 2. The van der Waals surface area contributed by atoms with Gasteiger partial charge in [-0.3, -0.25) is 19.5 Å². The van der Waals surface area contributed by atoms with Crippen molar-refractivity contribution in [1.29, 1.82) is 0 Å². The van der Waals surface area contributed by atoms with Crippen LogP contribution in [0.1, 0.15) is 26.4 Å². The van der Waals surface area contributed by atoms with Crippen molar-refractivity contribution in [3.05, 3.63) is 53.3 Å². The molecular formula is C15H12N2O4. The first-order valence-electron chi connectivity index (χ1n) is 6.40. The summed E-state index contributed by atoms with van der Waals surface area (Å²) < 4.78 is 0. The van der Waals surface area contributed by atoms with Crippen LogP contribution in [0.4, 0.5) is 0 Å². The third kappa shape index (κ3) is 2.20. The molecule has 1 aliphatic heterocycles. The molecule has 6 heteroatoms. The zero-order chi connectivity index (χ0) is 15.0. The summed E-state index contributed by atoms with van der Waals surface area (Å²) in [6.07, 6.45) is 1.87. The monoisotopic (exact) mass is 284 g/mol. The number of aromatic hydroxyl groups is 2. The molecule has 1 aliphatic rings. The van der Waals surface area contributed by atoms with Crippen molar-refractivity contribution >= 4 is 11.8 Å². The number of hydrogen-bond donors (Lipinski definition) is 2. The number of rotatable bonds is 3. The van der Waals surface area contributed by atoms with Gasteiger partial charge in [0.1, 0.15) is 5.69 Å². The molecule has 0 bridgehead atoms. The highest BCUT2D eigenvalue weighted by Gasteiger charge is 2.36. The highest BCUT2D eigenvalue weighted by Crippen LogP contribution is 2.26. The second-order valence-corrected chi connectivity index (χ2v) is 4.73. The fourth-order valence-corrected chi connectivity index (χ4v) is 2.28. The van der Waals surface area contributed by atoms with Crippen LogP contribution in [0.2, 0.25) is 0 Å². The molecule has 0 saturated carbocycles. The Morgan fingerprint density at radius 1 is 1.05 bits per heavy atom. The van der Waals surface area contributed by atoms with Crippen molar-refractivity contribution in [3.8, 4) is 11.5 Å². The van der Waals surface area contributed by atoms with Gasteiger partial charge in [-0.05, 0) is 36.2 Å². The predicted octanol–water partition coefficient (Wildman–Crippen LogP) is 1.33. The Hall–Kier alpha value is -2.89. The topological polar surface area (TPSA) is 90.7 Å². The van der Waals surface area contributed by atoms with Gasteiger partial charge in [-0.2, -0.15) is 0 Å². The number of carbonyl (C=O) groups excluding carboxylic acids is 2. The molecule has 0 saturated heterocycles. The lowest BCUT2D eigenvalue weighted by Gasteiger charge is -2.13. The van der Waals surface area contributed by atoms with E-state index in [4.69, 9.17) is 0 Å². The molecule has 6 nitrogen and oxygen atoms in total. The summed E-state index contributed by atoms with van der Waals surface area (Å²) in [5, 5.41) is 18.7. The summed E-state index contributed by atoms with van der Waals surface area (Å²) in [4.78, 5) is 29.3. The highest BCUT2D eigenvalue weighted by atomic mass is 16.3. The van der Waals surface area contributed by atoms with Gasteiger partial charge in [-0.25, -0.2) is 0 Å². The molecule has 2 aromatic rings. The van der Waals surface area contributed by atoms with Gasteiger partial charge in [-0.1, -0.05) is 6.07 Å². The van der Waals surface area contributed by atoms with Crippen molar-refractivity contribution in [3.63, 3.8) is 0 Å². The quantitative estimate of drug-likeness (QED) is 0.655. The number of amides is 2. The fourth-order valence-electron chi connectivity index (χ4n) is 2.28. The Morgan fingerprint density at radius 3 is 2.57 bits per heavy atom.